The summed E-state index contributed by atoms with van der Waals surface area (Å²) in [4.78, 5) is 0. The van der Waals surface area contributed by atoms with Gasteiger partial charge in [0.2, 0.25) is 0 Å². The van der Waals surface area contributed by atoms with Crippen LogP contribution in [-0.4, -0.2) is 22.1 Å². The van der Waals surface area contributed by atoms with Gasteiger partial charge < -0.3 is 5.32 Å². The molecule has 0 bridgehead atoms. The van der Waals surface area contributed by atoms with Crippen LogP contribution in [0, 0.1) is 6.92 Å². The van der Waals surface area contributed by atoms with E-state index in [1.165, 1.54) is 17.7 Å². The van der Waals surface area contributed by atoms with Crippen LogP contribution in [-0.2, 0) is 7.05 Å². The van der Waals surface area contributed by atoms with E-state index in [9.17, 15) is 0 Å². The topological polar surface area (TPSA) is 29.9 Å². The maximum Gasteiger partial charge on any atom is 0.0822 e. The van der Waals surface area contributed by atoms with E-state index in [1.807, 2.05) is 23.5 Å². The second-order valence-electron chi connectivity index (χ2n) is 3.40. The van der Waals surface area contributed by atoms with Crippen LogP contribution in [0.2, 0.25) is 0 Å². The van der Waals surface area contributed by atoms with E-state index in [4.69, 9.17) is 0 Å². The summed E-state index contributed by atoms with van der Waals surface area (Å²) in [5, 5.41) is 8.31. The van der Waals surface area contributed by atoms with E-state index in [0.717, 1.165) is 12.2 Å². The predicted octanol–water partition coefficient (Wildman–Crippen LogP) is 1.45. The molecule has 0 saturated carbocycles. The van der Waals surface area contributed by atoms with E-state index in [0.29, 0.717) is 5.37 Å². The van der Waals surface area contributed by atoms with E-state index in [2.05, 4.69) is 23.5 Å². The zero-order chi connectivity index (χ0) is 9.26. The van der Waals surface area contributed by atoms with Crippen LogP contribution >= 0.6 is 11.8 Å². The first-order chi connectivity index (χ1) is 6.27. The number of thioether (sulfide) groups is 1. The Morgan fingerprint density at radius 3 is 3.08 bits per heavy atom. The molecular weight excluding hydrogens is 182 g/mol. The van der Waals surface area contributed by atoms with Gasteiger partial charge in [-0.1, -0.05) is 0 Å². The van der Waals surface area contributed by atoms with Crippen LogP contribution in [0.15, 0.2) is 6.20 Å². The maximum atomic E-state index is 4.35. The number of aromatic nitrogens is 2. The quantitative estimate of drug-likeness (QED) is 0.739. The number of nitrogens with one attached hydrogen (secondary N) is 1. The van der Waals surface area contributed by atoms with E-state index in [-0.39, 0.29) is 0 Å². The van der Waals surface area contributed by atoms with E-state index in [1.54, 1.807) is 0 Å². The molecule has 1 N–H and O–H groups in total. The monoisotopic (exact) mass is 197 g/mol. The summed E-state index contributed by atoms with van der Waals surface area (Å²) in [5.41, 5.74) is 2.49. The highest BCUT2D eigenvalue weighted by atomic mass is 32.2. The molecule has 0 amide bonds. The molecular formula is C9H15N3S. The van der Waals surface area contributed by atoms with Gasteiger partial charge >= 0.3 is 0 Å². The van der Waals surface area contributed by atoms with Crippen molar-refractivity contribution in [2.75, 3.05) is 12.3 Å². The number of aryl methyl sites for hydroxylation is 2. The minimum atomic E-state index is 0.461. The van der Waals surface area contributed by atoms with Crippen molar-refractivity contribution in [2.24, 2.45) is 7.05 Å². The van der Waals surface area contributed by atoms with Crippen LogP contribution in [0.5, 0.6) is 0 Å². The smallest absolute Gasteiger partial charge is 0.0822 e. The Bertz CT molecular complexity index is 289. The minimum absolute atomic E-state index is 0.461. The van der Waals surface area contributed by atoms with Gasteiger partial charge in [0.25, 0.3) is 0 Å². The molecule has 0 aliphatic carbocycles. The molecule has 72 valence electrons. The molecule has 0 aromatic carbocycles. The molecule has 1 aromatic heterocycles. The Morgan fingerprint density at radius 1 is 1.69 bits per heavy atom. The highest BCUT2D eigenvalue weighted by Crippen LogP contribution is 2.30. The molecule has 2 heterocycles. The van der Waals surface area contributed by atoms with Crippen molar-refractivity contribution >= 4 is 11.8 Å². The van der Waals surface area contributed by atoms with Crippen molar-refractivity contribution in [3.8, 4) is 0 Å². The van der Waals surface area contributed by atoms with Crippen molar-refractivity contribution in [1.29, 1.82) is 0 Å². The van der Waals surface area contributed by atoms with Crippen LogP contribution < -0.4 is 5.32 Å². The minimum Gasteiger partial charge on any atom is -0.302 e. The van der Waals surface area contributed by atoms with Gasteiger partial charge in [0.15, 0.2) is 0 Å². The molecule has 1 fully saturated rings. The summed E-state index contributed by atoms with van der Waals surface area (Å²) in [6.07, 6.45) is 3.39. The summed E-state index contributed by atoms with van der Waals surface area (Å²) in [5.74, 6) is 1.26. The molecule has 0 radical (unpaired) electrons. The Hall–Kier alpha value is -0.480. The first-order valence-corrected chi connectivity index (χ1v) is 5.67. The fraction of sp³-hybridized carbons (Fsp3) is 0.667. The molecule has 4 heteroatoms. The first-order valence-electron chi connectivity index (χ1n) is 4.62. The summed E-state index contributed by atoms with van der Waals surface area (Å²) in [7, 11) is 1.98. The molecule has 3 nitrogen and oxygen atoms in total. The van der Waals surface area contributed by atoms with Crippen molar-refractivity contribution < 1.29 is 0 Å². The van der Waals surface area contributed by atoms with E-state index < -0.39 is 0 Å². The summed E-state index contributed by atoms with van der Waals surface area (Å²) >= 11 is 1.98. The number of rotatable bonds is 1. The van der Waals surface area contributed by atoms with Gasteiger partial charge in [0, 0.05) is 18.8 Å². The average molecular weight is 197 g/mol. The number of nitrogens with zero attached hydrogens (tertiary/aromatic N) is 2. The lowest BCUT2D eigenvalue weighted by Crippen LogP contribution is -2.25. The zero-order valence-corrected chi connectivity index (χ0v) is 8.90. The third kappa shape index (κ3) is 1.89. The summed E-state index contributed by atoms with van der Waals surface area (Å²) < 4.78 is 1.89. The lowest BCUT2D eigenvalue weighted by Gasteiger charge is -2.22. The van der Waals surface area contributed by atoms with Gasteiger partial charge in [-0.2, -0.15) is 5.10 Å². The van der Waals surface area contributed by atoms with Gasteiger partial charge in [-0.25, -0.2) is 0 Å². The second-order valence-corrected chi connectivity index (χ2v) is 4.62. The average Bonchev–Trinajstić information content (AvgIpc) is 2.47. The zero-order valence-electron chi connectivity index (χ0n) is 8.08. The fourth-order valence-corrected chi connectivity index (χ4v) is 2.83. The maximum absolute atomic E-state index is 4.35. The standard InChI is InChI=1S/C9H15N3S/c1-7-8(6-12(2)11-7)9-10-4-3-5-13-9/h6,9-10H,3-5H2,1-2H3. The highest BCUT2D eigenvalue weighted by molar-refractivity contribution is 7.99. The van der Waals surface area contributed by atoms with E-state index >= 15 is 0 Å². The molecule has 1 saturated heterocycles. The van der Waals surface area contributed by atoms with Crippen LogP contribution in [0.3, 0.4) is 0 Å². The van der Waals surface area contributed by atoms with Crippen molar-refractivity contribution in [2.45, 2.75) is 18.7 Å². The third-order valence-electron chi connectivity index (χ3n) is 2.27. The molecule has 13 heavy (non-hydrogen) atoms. The predicted molar refractivity (Wildman–Crippen MR) is 55.8 cm³/mol. The van der Waals surface area contributed by atoms with Gasteiger partial charge in [0.05, 0.1) is 11.1 Å². The Balaban J connectivity index is 2.18. The molecule has 1 aromatic rings. The lowest BCUT2D eigenvalue weighted by molar-refractivity contribution is 0.640. The highest BCUT2D eigenvalue weighted by Gasteiger charge is 2.18. The van der Waals surface area contributed by atoms with Crippen molar-refractivity contribution in [3.05, 3.63) is 17.5 Å². The first kappa shape index (κ1) is 9.09. The second kappa shape index (κ2) is 3.72. The normalized spacial score (nSPS) is 23.4. The largest absolute Gasteiger partial charge is 0.302 e. The number of hydrogen-bond acceptors (Lipinski definition) is 3. The Morgan fingerprint density at radius 2 is 2.54 bits per heavy atom. The third-order valence-corrected chi connectivity index (χ3v) is 3.55. The Labute approximate surface area is 82.9 Å². The van der Waals surface area contributed by atoms with Crippen molar-refractivity contribution in [3.63, 3.8) is 0 Å². The fourth-order valence-electron chi connectivity index (χ4n) is 1.64. The summed E-state index contributed by atoms with van der Waals surface area (Å²) in [6.45, 7) is 3.21. The van der Waals surface area contributed by atoms with Gasteiger partial charge in [0.1, 0.15) is 0 Å². The Kier molecular flexibility index (Phi) is 2.60. The molecule has 0 spiro atoms. The molecule has 1 unspecified atom stereocenters. The van der Waals surface area contributed by atoms with Gasteiger partial charge in [-0.3, -0.25) is 4.68 Å². The van der Waals surface area contributed by atoms with Crippen LogP contribution in [0.1, 0.15) is 23.1 Å². The number of hydrogen-bond donors (Lipinski definition) is 1. The summed E-state index contributed by atoms with van der Waals surface area (Å²) in [6, 6.07) is 0. The molecule has 1 aliphatic heterocycles. The van der Waals surface area contributed by atoms with Crippen molar-refractivity contribution in [1.82, 2.24) is 15.1 Å². The molecule has 1 aliphatic rings. The van der Waals surface area contributed by atoms with Gasteiger partial charge in [-0.05, 0) is 25.6 Å². The SMILES string of the molecule is Cc1nn(C)cc1C1NCCCS1. The van der Waals surface area contributed by atoms with Crippen LogP contribution in [0.25, 0.3) is 0 Å². The van der Waals surface area contributed by atoms with Crippen LogP contribution in [0.4, 0.5) is 0 Å². The van der Waals surface area contributed by atoms with Gasteiger partial charge in [-0.15, -0.1) is 11.8 Å². The molecule has 2 rings (SSSR count). The molecule has 1 atom stereocenters. The lowest BCUT2D eigenvalue weighted by atomic mass is 10.2.